The summed E-state index contributed by atoms with van der Waals surface area (Å²) in [5, 5.41) is 5.02. The van der Waals surface area contributed by atoms with Gasteiger partial charge in [-0.1, -0.05) is 186 Å². The molecule has 63 heavy (non-hydrogen) atoms. The Balaban J connectivity index is 1.40. The maximum Gasteiger partial charge on any atom is 0.252 e. The molecular formula is C60H61BN2. The second kappa shape index (κ2) is 14.2. The largest absolute Gasteiger partial charge is 0.311 e. The van der Waals surface area contributed by atoms with Gasteiger partial charge in [-0.3, -0.25) is 0 Å². The monoisotopic (exact) mass is 820 g/mol. The first-order valence-corrected chi connectivity index (χ1v) is 23.0. The summed E-state index contributed by atoms with van der Waals surface area (Å²) in [7, 11) is 0. The summed E-state index contributed by atoms with van der Waals surface area (Å²) >= 11 is 0. The van der Waals surface area contributed by atoms with Crippen molar-refractivity contribution >= 4 is 78.8 Å². The standard InChI is InChI=1S/C60H61BN2/c1-57(2,3)44-32-45(58(4,5)6)35-48(34-44)62-52-28-41-24-18-16-22-39(41)26-50(52)61-51-27-40-23-17-19-25-42(40)29-53(51)63(49-36-46(59(7,8)9)33-47(37-49)60(10,11)12)55-31-43(30-54(62)56(55)61)38-20-14-13-15-21-38/h13-37H,1-12H3. The molecule has 0 bridgehead atoms. The molecule has 314 valence electrons. The van der Waals surface area contributed by atoms with E-state index in [1.807, 2.05) is 0 Å². The van der Waals surface area contributed by atoms with Crippen molar-refractivity contribution in [1.82, 2.24) is 0 Å². The van der Waals surface area contributed by atoms with Crippen molar-refractivity contribution in [2.24, 2.45) is 0 Å². The van der Waals surface area contributed by atoms with Crippen molar-refractivity contribution < 1.29 is 0 Å². The Hall–Kier alpha value is -6.06. The molecule has 0 aromatic heterocycles. The quantitative estimate of drug-likeness (QED) is 0.164. The number of anilines is 6. The smallest absolute Gasteiger partial charge is 0.252 e. The lowest BCUT2D eigenvalue weighted by atomic mass is 9.33. The third kappa shape index (κ3) is 7.05. The summed E-state index contributed by atoms with van der Waals surface area (Å²) in [6, 6.07) is 58.6. The van der Waals surface area contributed by atoms with Gasteiger partial charge >= 0.3 is 0 Å². The number of hydrogen-bond donors (Lipinski definition) is 0. The molecule has 0 spiro atoms. The third-order valence-electron chi connectivity index (χ3n) is 13.7. The Bertz CT molecular complexity index is 2860. The van der Waals surface area contributed by atoms with Gasteiger partial charge in [0, 0.05) is 34.1 Å². The SMILES string of the molecule is CC(C)(C)c1cc(N2c3cc4ccccc4cc3B3c4cc5ccccc5cc4N(c4cc(C(C)(C)C)cc(C(C)(C)C)c4)c4cc(-c5ccccc5)cc2c43)cc(C(C)(C)C)c1. The van der Waals surface area contributed by atoms with Gasteiger partial charge in [-0.05, 0) is 142 Å². The molecule has 0 aliphatic carbocycles. The zero-order chi connectivity index (χ0) is 44.4. The highest BCUT2D eigenvalue weighted by molar-refractivity contribution is 7.00. The fourth-order valence-electron chi connectivity index (χ4n) is 9.93. The van der Waals surface area contributed by atoms with Crippen molar-refractivity contribution in [1.29, 1.82) is 0 Å². The highest BCUT2D eigenvalue weighted by Crippen LogP contribution is 2.49. The molecule has 2 heterocycles. The van der Waals surface area contributed by atoms with Crippen molar-refractivity contribution in [3.8, 4) is 11.1 Å². The van der Waals surface area contributed by atoms with Crippen LogP contribution in [0.2, 0.25) is 0 Å². The van der Waals surface area contributed by atoms with Gasteiger partial charge in [0.1, 0.15) is 0 Å². The Morgan fingerprint density at radius 2 is 0.651 bits per heavy atom. The molecule has 0 unspecified atom stereocenters. The maximum absolute atomic E-state index is 2.63. The predicted molar refractivity (Wildman–Crippen MR) is 276 cm³/mol. The lowest BCUT2D eigenvalue weighted by molar-refractivity contribution is 0.568. The van der Waals surface area contributed by atoms with Crippen LogP contribution in [0.4, 0.5) is 34.1 Å². The summed E-state index contributed by atoms with van der Waals surface area (Å²) in [6.45, 7) is 28.2. The lowest BCUT2D eigenvalue weighted by Gasteiger charge is -2.45. The van der Waals surface area contributed by atoms with Gasteiger partial charge in [0.25, 0.3) is 6.71 Å². The molecule has 8 aromatic rings. The van der Waals surface area contributed by atoms with Crippen molar-refractivity contribution in [3.63, 3.8) is 0 Å². The number of rotatable bonds is 3. The molecule has 0 saturated carbocycles. The maximum atomic E-state index is 2.63. The van der Waals surface area contributed by atoms with Gasteiger partial charge in [-0.2, -0.15) is 0 Å². The van der Waals surface area contributed by atoms with Gasteiger partial charge in [0.2, 0.25) is 0 Å². The van der Waals surface area contributed by atoms with Gasteiger partial charge in [0.15, 0.2) is 0 Å². The summed E-state index contributed by atoms with van der Waals surface area (Å²) in [5.74, 6) is 0. The number of hydrogen-bond acceptors (Lipinski definition) is 2. The van der Waals surface area contributed by atoms with Gasteiger partial charge in [0.05, 0.1) is 0 Å². The predicted octanol–water partition coefficient (Wildman–Crippen LogP) is 14.9. The fourth-order valence-corrected chi connectivity index (χ4v) is 9.93. The first kappa shape index (κ1) is 41.0. The Labute approximate surface area is 376 Å². The third-order valence-corrected chi connectivity index (χ3v) is 13.7. The minimum Gasteiger partial charge on any atom is -0.311 e. The minimum atomic E-state index is -0.0501. The van der Waals surface area contributed by atoms with Gasteiger partial charge < -0.3 is 9.80 Å². The molecule has 0 radical (unpaired) electrons. The van der Waals surface area contributed by atoms with Crippen LogP contribution in [0.25, 0.3) is 32.7 Å². The lowest BCUT2D eigenvalue weighted by Crippen LogP contribution is -2.61. The van der Waals surface area contributed by atoms with E-state index in [1.54, 1.807) is 0 Å². The summed E-state index contributed by atoms with van der Waals surface area (Å²) in [6.07, 6.45) is 0. The summed E-state index contributed by atoms with van der Waals surface area (Å²) in [5.41, 5.74) is 19.0. The van der Waals surface area contributed by atoms with E-state index in [4.69, 9.17) is 0 Å². The summed E-state index contributed by atoms with van der Waals surface area (Å²) < 4.78 is 0. The molecule has 10 rings (SSSR count). The van der Waals surface area contributed by atoms with Crippen LogP contribution in [0.5, 0.6) is 0 Å². The molecular weight excluding hydrogens is 759 g/mol. The molecule has 0 atom stereocenters. The van der Waals surface area contributed by atoms with Crippen LogP contribution in [0.15, 0.2) is 152 Å². The van der Waals surface area contributed by atoms with Gasteiger partial charge in [-0.25, -0.2) is 0 Å². The first-order valence-electron chi connectivity index (χ1n) is 23.0. The second-order valence-electron chi connectivity index (χ2n) is 22.5. The Morgan fingerprint density at radius 3 is 1.00 bits per heavy atom. The normalized spacial score (nSPS) is 13.9. The molecule has 2 nitrogen and oxygen atoms in total. The van der Waals surface area contributed by atoms with E-state index < -0.39 is 0 Å². The molecule has 2 aliphatic heterocycles. The van der Waals surface area contributed by atoms with E-state index in [-0.39, 0.29) is 28.4 Å². The van der Waals surface area contributed by atoms with Crippen LogP contribution >= 0.6 is 0 Å². The topological polar surface area (TPSA) is 6.48 Å². The molecule has 0 N–H and O–H groups in total. The van der Waals surface area contributed by atoms with E-state index in [9.17, 15) is 0 Å². The van der Waals surface area contributed by atoms with Crippen LogP contribution < -0.4 is 26.2 Å². The molecule has 8 aromatic carbocycles. The number of fused-ring (bicyclic) bond motifs is 6. The molecule has 0 fully saturated rings. The van der Waals surface area contributed by atoms with E-state index in [2.05, 4.69) is 245 Å². The van der Waals surface area contributed by atoms with E-state index in [0.29, 0.717) is 0 Å². The molecule has 0 amide bonds. The molecule has 0 saturated heterocycles. The van der Waals surface area contributed by atoms with E-state index in [0.717, 1.165) is 0 Å². The average Bonchev–Trinajstić information content (AvgIpc) is 3.23. The van der Waals surface area contributed by atoms with E-state index in [1.165, 1.54) is 105 Å². The zero-order valence-corrected chi connectivity index (χ0v) is 39.4. The highest BCUT2D eigenvalue weighted by Gasteiger charge is 2.44. The minimum absolute atomic E-state index is 0.00712. The fraction of sp³-hybridized carbons (Fsp3) is 0.267. The van der Waals surface area contributed by atoms with Crippen LogP contribution in [-0.2, 0) is 21.7 Å². The van der Waals surface area contributed by atoms with Crippen molar-refractivity contribution in [2.75, 3.05) is 9.80 Å². The average molecular weight is 821 g/mol. The van der Waals surface area contributed by atoms with Crippen LogP contribution in [0.3, 0.4) is 0 Å². The first-order chi connectivity index (χ1) is 29.7. The zero-order valence-electron chi connectivity index (χ0n) is 39.4. The summed E-state index contributed by atoms with van der Waals surface area (Å²) in [4.78, 5) is 5.26. The Morgan fingerprint density at radius 1 is 0.317 bits per heavy atom. The number of nitrogens with zero attached hydrogens (tertiary/aromatic N) is 2. The van der Waals surface area contributed by atoms with Gasteiger partial charge in [-0.15, -0.1) is 0 Å². The van der Waals surface area contributed by atoms with Crippen LogP contribution in [0, 0.1) is 0 Å². The highest BCUT2D eigenvalue weighted by atomic mass is 15.2. The second-order valence-corrected chi connectivity index (χ2v) is 22.5. The Kier molecular flexibility index (Phi) is 9.26. The molecule has 3 heteroatoms. The van der Waals surface area contributed by atoms with Crippen LogP contribution in [-0.4, -0.2) is 6.71 Å². The van der Waals surface area contributed by atoms with Crippen LogP contribution in [0.1, 0.15) is 105 Å². The molecule has 2 aliphatic rings. The van der Waals surface area contributed by atoms with Crippen molar-refractivity contribution in [2.45, 2.75) is 105 Å². The van der Waals surface area contributed by atoms with Crippen molar-refractivity contribution in [3.05, 3.63) is 174 Å². The van der Waals surface area contributed by atoms with E-state index >= 15 is 0 Å². The number of benzene rings is 8.